The van der Waals surface area contributed by atoms with E-state index in [1.54, 1.807) is 0 Å². The predicted molar refractivity (Wildman–Crippen MR) is 55.8 cm³/mol. The second kappa shape index (κ2) is 4.13. The van der Waals surface area contributed by atoms with E-state index in [0.29, 0.717) is 6.07 Å². The van der Waals surface area contributed by atoms with E-state index in [2.05, 4.69) is 14.9 Å². The number of hydrogen-bond acceptors (Lipinski definition) is 3. The highest BCUT2D eigenvalue weighted by Crippen LogP contribution is 2.17. The lowest BCUT2D eigenvalue weighted by Gasteiger charge is -2.05. The average molecular weight is 259 g/mol. The molecule has 1 aromatic heterocycles. The largest absolute Gasteiger partial charge is 0.284 e. The second-order valence-electron chi connectivity index (χ2n) is 3.20. The van der Waals surface area contributed by atoms with E-state index in [0.717, 1.165) is 12.1 Å². The smallest absolute Gasteiger partial charge is 0.262 e. The van der Waals surface area contributed by atoms with Crippen molar-refractivity contribution in [3.63, 3.8) is 0 Å². The van der Waals surface area contributed by atoms with E-state index >= 15 is 0 Å². The number of halogens is 2. The van der Waals surface area contributed by atoms with Crippen LogP contribution in [0.2, 0.25) is 0 Å². The molecule has 0 aliphatic heterocycles. The summed E-state index contributed by atoms with van der Waals surface area (Å²) >= 11 is 0. The fourth-order valence-electron chi connectivity index (χ4n) is 1.20. The number of nitrogens with zero attached hydrogens (tertiary/aromatic N) is 1. The van der Waals surface area contributed by atoms with Crippen LogP contribution in [0.15, 0.2) is 35.5 Å². The van der Waals surface area contributed by atoms with E-state index in [1.807, 2.05) is 0 Å². The topological polar surface area (TPSA) is 74.8 Å². The highest BCUT2D eigenvalue weighted by Gasteiger charge is 2.16. The molecule has 0 atom stereocenters. The Bertz CT molecular complexity index is 605. The zero-order valence-corrected chi connectivity index (χ0v) is 9.13. The average Bonchev–Trinajstić information content (AvgIpc) is 2.68. The first-order valence-corrected chi connectivity index (χ1v) is 5.93. The normalized spacial score (nSPS) is 11.4. The molecule has 5 nitrogen and oxygen atoms in total. The zero-order valence-electron chi connectivity index (χ0n) is 8.31. The zero-order chi connectivity index (χ0) is 12.5. The van der Waals surface area contributed by atoms with Crippen LogP contribution in [-0.4, -0.2) is 18.6 Å². The summed E-state index contributed by atoms with van der Waals surface area (Å²) in [6.07, 6.45) is 2.53. The lowest BCUT2D eigenvalue weighted by atomic mass is 10.3. The van der Waals surface area contributed by atoms with Crippen molar-refractivity contribution in [1.82, 2.24) is 10.2 Å². The minimum Gasteiger partial charge on any atom is -0.284 e. The fourth-order valence-corrected chi connectivity index (χ4v) is 2.28. The van der Waals surface area contributed by atoms with Gasteiger partial charge in [0.25, 0.3) is 10.0 Å². The molecule has 0 saturated carbocycles. The third-order valence-corrected chi connectivity index (χ3v) is 3.26. The SMILES string of the molecule is O=S(=O)(Nc1cn[nH]c1)c1cc(F)cc(F)c1. The number of nitrogens with one attached hydrogen (secondary N) is 2. The summed E-state index contributed by atoms with van der Waals surface area (Å²) in [5.74, 6) is -1.92. The standard InChI is InChI=1S/C9H7F2N3O2S/c10-6-1-7(11)3-9(2-6)17(15,16)14-8-4-12-13-5-8/h1-5,14H,(H,12,13). The van der Waals surface area contributed by atoms with Crippen molar-refractivity contribution in [2.24, 2.45) is 0 Å². The molecule has 0 unspecified atom stereocenters. The molecule has 0 amide bonds. The molecule has 0 saturated heterocycles. The maximum atomic E-state index is 12.9. The Balaban J connectivity index is 2.38. The molecule has 0 aliphatic carbocycles. The van der Waals surface area contributed by atoms with Crippen LogP contribution in [0.4, 0.5) is 14.5 Å². The van der Waals surface area contributed by atoms with E-state index < -0.39 is 26.6 Å². The van der Waals surface area contributed by atoms with Gasteiger partial charge in [0.05, 0.1) is 16.8 Å². The van der Waals surface area contributed by atoms with Gasteiger partial charge in [-0.3, -0.25) is 9.82 Å². The number of hydrogen-bond donors (Lipinski definition) is 2. The molecule has 1 aromatic carbocycles. The Morgan fingerprint density at radius 3 is 2.35 bits per heavy atom. The first-order chi connectivity index (χ1) is 7.97. The Morgan fingerprint density at radius 1 is 1.18 bits per heavy atom. The summed E-state index contributed by atoms with van der Waals surface area (Å²) in [5, 5.41) is 5.94. The van der Waals surface area contributed by atoms with Crippen molar-refractivity contribution in [3.05, 3.63) is 42.2 Å². The van der Waals surface area contributed by atoms with Crippen molar-refractivity contribution in [2.75, 3.05) is 4.72 Å². The Hall–Kier alpha value is -1.96. The van der Waals surface area contributed by atoms with Gasteiger partial charge in [0.1, 0.15) is 11.6 Å². The molecule has 0 spiro atoms. The van der Waals surface area contributed by atoms with Crippen molar-refractivity contribution in [2.45, 2.75) is 4.90 Å². The van der Waals surface area contributed by atoms with E-state index in [1.165, 1.54) is 12.4 Å². The Labute approximate surface area is 95.5 Å². The Kier molecular flexibility index (Phi) is 2.80. The molecule has 8 heteroatoms. The van der Waals surface area contributed by atoms with Gasteiger partial charge >= 0.3 is 0 Å². The highest BCUT2D eigenvalue weighted by atomic mass is 32.2. The summed E-state index contributed by atoms with van der Waals surface area (Å²) in [6, 6.07) is 2.05. The molecule has 2 rings (SSSR count). The summed E-state index contributed by atoms with van der Waals surface area (Å²) in [7, 11) is -4.02. The van der Waals surface area contributed by atoms with Gasteiger partial charge in [-0.25, -0.2) is 17.2 Å². The lowest BCUT2D eigenvalue weighted by Crippen LogP contribution is -2.13. The van der Waals surface area contributed by atoms with Gasteiger partial charge in [-0.15, -0.1) is 0 Å². The predicted octanol–water partition coefficient (Wildman–Crippen LogP) is 1.49. The van der Waals surface area contributed by atoms with Crippen molar-refractivity contribution in [1.29, 1.82) is 0 Å². The van der Waals surface area contributed by atoms with Gasteiger partial charge in [-0.2, -0.15) is 5.10 Å². The maximum Gasteiger partial charge on any atom is 0.262 e. The van der Waals surface area contributed by atoms with Crippen LogP contribution < -0.4 is 4.72 Å². The van der Waals surface area contributed by atoms with Crippen LogP contribution in [-0.2, 0) is 10.0 Å². The van der Waals surface area contributed by atoms with Crippen molar-refractivity contribution >= 4 is 15.7 Å². The number of H-pyrrole nitrogens is 1. The lowest BCUT2D eigenvalue weighted by molar-refractivity contribution is 0.568. The maximum absolute atomic E-state index is 12.9. The van der Waals surface area contributed by atoms with E-state index in [-0.39, 0.29) is 5.69 Å². The van der Waals surface area contributed by atoms with Gasteiger partial charge in [0.15, 0.2) is 0 Å². The summed E-state index contributed by atoms with van der Waals surface area (Å²) < 4.78 is 51.3. The first-order valence-electron chi connectivity index (χ1n) is 4.45. The molecule has 2 N–H and O–H groups in total. The Morgan fingerprint density at radius 2 is 1.82 bits per heavy atom. The number of benzene rings is 1. The summed E-state index contributed by atoms with van der Waals surface area (Å²) in [5.41, 5.74) is 0.176. The third kappa shape index (κ3) is 2.59. The highest BCUT2D eigenvalue weighted by molar-refractivity contribution is 7.92. The number of sulfonamides is 1. The van der Waals surface area contributed by atoms with E-state index in [4.69, 9.17) is 0 Å². The minimum absolute atomic E-state index is 0.176. The number of aromatic nitrogens is 2. The number of rotatable bonds is 3. The van der Waals surface area contributed by atoms with Gasteiger partial charge in [0.2, 0.25) is 0 Å². The van der Waals surface area contributed by atoms with Gasteiger partial charge < -0.3 is 0 Å². The van der Waals surface area contributed by atoms with Crippen LogP contribution in [0.1, 0.15) is 0 Å². The quantitative estimate of drug-likeness (QED) is 0.876. The molecule has 1 heterocycles. The molecule has 2 aromatic rings. The van der Waals surface area contributed by atoms with Gasteiger partial charge in [-0.05, 0) is 12.1 Å². The van der Waals surface area contributed by atoms with Crippen molar-refractivity contribution < 1.29 is 17.2 Å². The van der Waals surface area contributed by atoms with Crippen molar-refractivity contribution in [3.8, 4) is 0 Å². The third-order valence-electron chi connectivity index (χ3n) is 1.90. The molecule has 17 heavy (non-hydrogen) atoms. The molecule has 0 fully saturated rings. The summed E-state index contributed by atoms with van der Waals surface area (Å²) in [4.78, 5) is -0.490. The van der Waals surface area contributed by atoms with Crippen LogP contribution in [0.5, 0.6) is 0 Å². The summed E-state index contributed by atoms with van der Waals surface area (Å²) in [6.45, 7) is 0. The van der Waals surface area contributed by atoms with Crippen LogP contribution >= 0.6 is 0 Å². The molecular weight excluding hydrogens is 252 g/mol. The molecule has 90 valence electrons. The molecule has 0 aliphatic rings. The number of aromatic amines is 1. The molecule has 0 bridgehead atoms. The monoisotopic (exact) mass is 259 g/mol. The fraction of sp³-hybridized carbons (Fsp3) is 0. The second-order valence-corrected chi connectivity index (χ2v) is 4.88. The minimum atomic E-state index is -4.02. The molecular formula is C9H7F2N3O2S. The van der Waals surface area contributed by atoms with Crippen LogP contribution in [0.25, 0.3) is 0 Å². The molecule has 0 radical (unpaired) electrons. The number of anilines is 1. The van der Waals surface area contributed by atoms with Crippen LogP contribution in [0, 0.1) is 11.6 Å². The van der Waals surface area contributed by atoms with Gasteiger partial charge in [-0.1, -0.05) is 0 Å². The van der Waals surface area contributed by atoms with E-state index in [9.17, 15) is 17.2 Å². The van der Waals surface area contributed by atoms with Gasteiger partial charge in [0, 0.05) is 12.3 Å². The first kappa shape index (κ1) is 11.5. The van der Waals surface area contributed by atoms with Crippen LogP contribution in [0.3, 0.4) is 0 Å².